The van der Waals surface area contributed by atoms with Crippen LogP contribution in [0.5, 0.6) is 0 Å². The number of cyclic esters (lactones) is 1. The largest absolute Gasteiger partial charge is 0.537 e. The molecule has 1 amide bonds. The molecule has 1 aromatic carbocycles. The molecule has 0 N–H and O–H groups in total. The first kappa shape index (κ1) is 15.5. The number of nitrogens with zero attached hydrogens (tertiary/aromatic N) is 5. The number of amides is 1. The lowest BCUT2D eigenvalue weighted by Crippen LogP contribution is -2.47. The van der Waals surface area contributed by atoms with E-state index in [0.717, 1.165) is 0 Å². The topological polar surface area (TPSA) is 87.5 Å². The molecule has 8 nitrogen and oxygen atoms in total. The minimum absolute atomic E-state index is 0.129. The summed E-state index contributed by atoms with van der Waals surface area (Å²) in [5.74, 6) is -0.470. The summed E-state index contributed by atoms with van der Waals surface area (Å²) >= 11 is 0. The maximum atomic E-state index is 14.5. The van der Waals surface area contributed by atoms with Crippen molar-refractivity contribution in [3.05, 3.63) is 34.5 Å². The van der Waals surface area contributed by atoms with Crippen molar-refractivity contribution in [2.75, 3.05) is 37.7 Å². The van der Waals surface area contributed by atoms with E-state index in [1.165, 1.54) is 12.1 Å². The fourth-order valence-electron chi connectivity index (χ4n) is 3.03. The Morgan fingerprint density at radius 1 is 1.43 bits per heavy atom. The van der Waals surface area contributed by atoms with Crippen LogP contribution >= 0.6 is 0 Å². The lowest BCUT2D eigenvalue weighted by molar-refractivity contribution is 0.122. The van der Waals surface area contributed by atoms with Crippen molar-refractivity contribution in [3.63, 3.8) is 0 Å². The minimum atomic E-state index is -0.720. The van der Waals surface area contributed by atoms with E-state index in [4.69, 9.17) is 15.0 Å². The number of benzene rings is 1. The number of hydrogen-bond donors (Lipinski definition) is 0. The van der Waals surface area contributed by atoms with Gasteiger partial charge in [-0.2, -0.15) is 4.79 Å². The lowest BCUT2D eigenvalue weighted by Gasteiger charge is -2.32. The molecule has 23 heavy (non-hydrogen) atoms. The van der Waals surface area contributed by atoms with Crippen LogP contribution in [0.2, 0.25) is 0 Å². The van der Waals surface area contributed by atoms with Crippen molar-refractivity contribution < 1.29 is 18.7 Å². The molecule has 2 atom stereocenters. The molecule has 0 aromatic heterocycles. The quantitative estimate of drug-likeness (QED) is 0.370. The van der Waals surface area contributed by atoms with Crippen LogP contribution in [-0.2, 0) is 9.47 Å². The Morgan fingerprint density at radius 2 is 2.17 bits per heavy atom. The first-order chi connectivity index (χ1) is 11.1. The zero-order valence-electron chi connectivity index (χ0n) is 12.7. The number of carbonyl (C=O) groups excluding carboxylic acids is 1. The molecule has 0 spiro atoms. The van der Waals surface area contributed by atoms with Crippen molar-refractivity contribution in [2.24, 2.45) is 5.22 Å². The SMILES string of the molecule is CC1C[N@+](N=[N+]=[N-])(c2cccc(F)c2N2CCOCC2)C(=O)O1. The van der Waals surface area contributed by atoms with Gasteiger partial charge in [0.05, 0.1) is 18.1 Å². The number of ether oxygens (including phenoxy) is 2. The number of anilines is 1. The molecule has 3 rings (SSSR count). The monoisotopic (exact) mass is 322 g/mol. The van der Waals surface area contributed by atoms with Crippen molar-refractivity contribution in [1.82, 2.24) is 4.59 Å². The standard InChI is InChI=1S/C14H17FN5O3/c1-10-9-20(18-17-16,14(21)23-10)12-4-2-3-11(15)13(12)19-5-7-22-8-6-19/h2-4,10H,5-9H2,1H3/q+1/t10?,20-/m0/s1. The van der Waals surface area contributed by atoms with Crippen LogP contribution in [0.4, 0.5) is 20.6 Å². The van der Waals surface area contributed by atoms with Gasteiger partial charge in [-0.25, -0.2) is 4.39 Å². The summed E-state index contributed by atoms with van der Waals surface area (Å²) in [6.45, 7) is 3.76. The molecule has 9 heteroatoms. The molecule has 2 fully saturated rings. The van der Waals surface area contributed by atoms with E-state index < -0.39 is 22.6 Å². The summed E-state index contributed by atoms with van der Waals surface area (Å²) in [4.78, 5) is 17.0. The predicted molar refractivity (Wildman–Crippen MR) is 81.2 cm³/mol. The highest BCUT2D eigenvalue weighted by molar-refractivity contribution is 5.89. The molecule has 1 aromatic rings. The van der Waals surface area contributed by atoms with Crippen LogP contribution in [0.3, 0.4) is 0 Å². The maximum absolute atomic E-state index is 14.5. The summed E-state index contributed by atoms with van der Waals surface area (Å²) < 4.78 is 24.3. The first-order valence-corrected chi connectivity index (χ1v) is 7.36. The van der Waals surface area contributed by atoms with Crippen molar-refractivity contribution in [2.45, 2.75) is 13.0 Å². The summed E-state index contributed by atoms with van der Waals surface area (Å²) in [6.07, 6.45) is -1.12. The van der Waals surface area contributed by atoms with E-state index in [2.05, 4.69) is 10.1 Å². The van der Waals surface area contributed by atoms with E-state index >= 15 is 0 Å². The highest BCUT2D eigenvalue weighted by atomic mass is 19.1. The molecule has 122 valence electrons. The second kappa shape index (κ2) is 6.04. The van der Waals surface area contributed by atoms with Crippen LogP contribution < -0.4 is 9.49 Å². The number of quaternary nitrogens is 1. The van der Waals surface area contributed by atoms with Crippen LogP contribution in [-0.4, -0.2) is 45.0 Å². The molecular weight excluding hydrogens is 305 g/mol. The molecule has 2 aliphatic rings. The Bertz CT molecular complexity index is 672. The van der Waals surface area contributed by atoms with Gasteiger partial charge < -0.3 is 14.4 Å². The molecule has 0 aliphatic carbocycles. The third-order valence-corrected chi connectivity index (χ3v) is 4.01. The Kier molecular flexibility index (Phi) is 4.08. The van der Waals surface area contributed by atoms with Crippen molar-refractivity contribution in [1.29, 1.82) is 0 Å². The molecule has 2 heterocycles. The van der Waals surface area contributed by atoms with Crippen LogP contribution in [0.15, 0.2) is 23.4 Å². The number of hydrogen-bond acceptors (Lipinski definition) is 5. The van der Waals surface area contributed by atoms with Gasteiger partial charge in [0.25, 0.3) is 0 Å². The Morgan fingerprint density at radius 3 is 2.78 bits per heavy atom. The Labute approximate surface area is 132 Å². The fourth-order valence-corrected chi connectivity index (χ4v) is 3.03. The summed E-state index contributed by atoms with van der Waals surface area (Å²) in [6, 6.07) is 4.42. The van der Waals surface area contributed by atoms with Gasteiger partial charge in [0.15, 0.2) is 17.6 Å². The van der Waals surface area contributed by atoms with E-state index in [-0.39, 0.29) is 12.2 Å². The molecule has 0 bridgehead atoms. The maximum Gasteiger partial charge on any atom is 0.537 e. The zero-order valence-corrected chi connectivity index (χ0v) is 12.7. The van der Waals surface area contributed by atoms with Crippen molar-refractivity contribution >= 4 is 17.5 Å². The second-order valence-electron chi connectivity index (χ2n) is 5.53. The second-order valence-corrected chi connectivity index (χ2v) is 5.53. The zero-order chi connectivity index (χ0) is 16.4. The van der Waals surface area contributed by atoms with E-state index in [9.17, 15) is 9.18 Å². The molecule has 0 radical (unpaired) electrons. The molecule has 0 saturated carbocycles. The van der Waals surface area contributed by atoms with Gasteiger partial charge in [-0.15, -0.1) is 0 Å². The van der Waals surface area contributed by atoms with Gasteiger partial charge in [0.2, 0.25) is 0 Å². The van der Waals surface area contributed by atoms with Gasteiger partial charge in [-0.3, -0.25) is 0 Å². The lowest BCUT2D eigenvalue weighted by atomic mass is 10.2. The number of carbonyl (C=O) groups is 1. The summed E-state index contributed by atoms with van der Waals surface area (Å²) in [7, 11) is 0. The summed E-state index contributed by atoms with van der Waals surface area (Å²) in [5, 5.41) is 3.67. The first-order valence-electron chi connectivity index (χ1n) is 7.36. The van der Waals surface area contributed by atoms with Crippen LogP contribution in [0, 0.1) is 5.82 Å². The smallest absolute Gasteiger partial charge is 0.410 e. The fraction of sp³-hybridized carbons (Fsp3) is 0.500. The van der Waals surface area contributed by atoms with E-state index in [0.29, 0.717) is 32.0 Å². The van der Waals surface area contributed by atoms with Crippen LogP contribution in [0.1, 0.15) is 6.92 Å². The normalized spacial score (nSPS) is 27.5. The predicted octanol–water partition coefficient (Wildman–Crippen LogP) is 2.73. The number of halogens is 1. The Hall–Kier alpha value is -2.35. The van der Waals surface area contributed by atoms with Crippen LogP contribution in [0.25, 0.3) is 10.4 Å². The third kappa shape index (κ3) is 2.59. The average molecular weight is 322 g/mol. The van der Waals surface area contributed by atoms with Crippen molar-refractivity contribution in [3.8, 4) is 0 Å². The number of para-hydroxylation sites is 1. The summed E-state index contributed by atoms with van der Waals surface area (Å²) in [5.41, 5.74) is 9.48. The van der Waals surface area contributed by atoms with Gasteiger partial charge in [0, 0.05) is 24.7 Å². The number of rotatable bonds is 3. The number of morpholine rings is 1. The van der Waals surface area contributed by atoms with Gasteiger partial charge in [-0.1, -0.05) is 10.7 Å². The highest BCUT2D eigenvalue weighted by Crippen LogP contribution is 2.41. The van der Waals surface area contributed by atoms with E-state index in [1.807, 2.05) is 0 Å². The Balaban J connectivity index is 2.16. The minimum Gasteiger partial charge on any atom is -0.410 e. The highest BCUT2D eigenvalue weighted by Gasteiger charge is 2.53. The molecule has 1 unspecified atom stereocenters. The molecular formula is C14H17FN5O3+. The van der Waals surface area contributed by atoms with Gasteiger partial charge in [0.1, 0.15) is 17.5 Å². The van der Waals surface area contributed by atoms with Gasteiger partial charge >= 0.3 is 6.09 Å². The average Bonchev–Trinajstić information content (AvgIpc) is 2.83. The van der Waals surface area contributed by atoms with E-state index in [1.54, 1.807) is 17.9 Å². The molecule has 2 aliphatic heterocycles. The van der Waals surface area contributed by atoms with Gasteiger partial charge in [-0.05, 0) is 13.0 Å². The third-order valence-electron chi connectivity index (χ3n) is 4.01. The molecule has 2 saturated heterocycles. The number of azide groups is 1.